The third-order valence-electron chi connectivity index (χ3n) is 4.75. The average molecular weight is 399 g/mol. The van der Waals surface area contributed by atoms with Gasteiger partial charge in [0.15, 0.2) is 0 Å². The molecule has 0 fully saturated rings. The van der Waals surface area contributed by atoms with E-state index in [2.05, 4.69) is 15.3 Å². The predicted molar refractivity (Wildman–Crippen MR) is 118 cm³/mol. The van der Waals surface area contributed by atoms with Crippen molar-refractivity contribution in [2.45, 2.75) is 0 Å². The first-order chi connectivity index (χ1) is 14.2. The highest BCUT2D eigenvalue weighted by atomic mass is 32.1. The number of hydrogen-bond acceptors (Lipinski definition) is 4. The molecule has 6 heteroatoms. The summed E-state index contributed by atoms with van der Waals surface area (Å²) in [6.45, 7) is 0. The highest BCUT2D eigenvalue weighted by Gasteiger charge is 2.11. The third kappa shape index (κ3) is 3.34. The fourth-order valence-electron chi connectivity index (χ4n) is 3.25. The number of aromatic nitrogens is 2. The van der Waals surface area contributed by atoms with Crippen LogP contribution in [-0.4, -0.2) is 23.0 Å². The molecule has 0 aliphatic rings. The lowest BCUT2D eigenvalue weighted by Crippen LogP contribution is -2.09. The molecule has 0 aliphatic carbocycles. The van der Waals surface area contributed by atoms with Crippen molar-refractivity contribution < 1.29 is 9.53 Å². The minimum Gasteiger partial charge on any atom is -0.497 e. The topological polar surface area (TPSA) is 67.0 Å². The van der Waals surface area contributed by atoms with Crippen molar-refractivity contribution in [3.63, 3.8) is 0 Å². The van der Waals surface area contributed by atoms with Gasteiger partial charge in [0.05, 0.1) is 23.0 Å². The van der Waals surface area contributed by atoms with Gasteiger partial charge in [-0.25, -0.2) is 4.98 Å². The molecule has 29 heavy (non-hydrogen) atoms. The number of amides is 1. The van der Waals surface area contributed by atoms with E-state index < -0.39 is 0 Å². The number of imidazole rings is 1. The van der Waals surface area contributed by atoms with Gasteiger partial charge in [0.25, 0.3) is 5.91 Å². The Kier molecular flexibility index (Phi) is 4.26. The number of carbonyl (C=O) groups excluding carboxylic acids is 1. The summed E-state index contributed by atoms with van der Waals surface area (Å²) in [5.74, 6) is 1.46. The monoisotopic (exact) mass is 399 g/mol. The fourth-order valence-corrected chi connectivity index (χ4v) is 4.21. The van der Waals surface area contributed by atoms with Crippen molar-refractivity contribution in [1.29, 1.82) is 0 Å². The molecule has 0 aliphatic heterocycles. The summed E-state index contributed by atoms with van der Waals surface area (Å²) >= 11 is 1.49. The summed E-state index contributed by atoms with van der Waals surface area (Å²) in [7, 11) is 1.64. The van der Waals surface area contributed by atoms with E-state index in [0.29, 0.717) is 4.88 Å². The van der Waals surface area contributed by atoms with E-state index in [-0.39, 0.29) is 5.91 Å². The van der Waals surface area contributed by atoms with Crippen LogP contribution in [0.4, 0.5) is 5.69 Å². The lowest BCUT2D eigenvalue weighted by molar-refractivity contribution is 0.103. The number of carbonyl (C=O) groups is 1. The molecule has 0 atom stereocenters. The molecule has 0 unspecified atom stereocenters. The SMILES string of the molecule is COc1ccc2nc(-c3ccc(NC(=O)c4cc5ccccc5s4)cc3)[nH]c2c1. The van der Waals surface area contributed by atoms with E-state index in [0.717, 1.165) is 43.9 Å². The smallest absolute Gasteiger partial charge is 0.265 e. The van der Waals surface area contributed by atoms with Crippen LogP contribution in [0.5, 0.6) is 5.75 Å². The predicted octanol–water partition coefficient (Wildman–Crippen LogP) is 5.71. The molecular weight excluding hydrogens is 382 g/mol. The second-order valence-electron chi connectivity index (χ2n) is 6.65. The first kappa shape index (κ1) is 17.5. The lowest BCUT2D eigenvalue weighted by atomic mass is 10.2. The summed E-state index contributed by atoms with van der Waals surface area (Å²) in [5, 5.41) is 4.05. The number of methoxy groups -OCH3 is 1. The van der Waals surface area contributed by atoms with Crippen LogP contribution in [0.1, 0.15) is 9.67 Å². The van der Waals surface area contributed by atoms with Crippen LogP contribution in [0, 0.1) is 0 Å². The van der Waals surface area contributed by atoms with Crippen molar-refractivity contribution in [1.82, 2.24) is 9.97 Å². The van der Waals surface area contributed by atoms with E-state index >= 15 is 0 Å². The summed E-state index contributed by atoms with van der Waals surface area (Å²) in [4.78, 5) is 21.2. The maximum Gasteiger partial charge on any atom is 0.265 e. The number of rotatable bonds is 4. The van der Waals surface area contributed by atoms with Crippen LogP contribution < -0.4 is 10.1 Å². The number of hydrogen-bond donors (Lipinski definition) is 2. The largest absolute Gasteiger partial charge is 0.497 e. The van der Waals surface area contributed by atoms with Gasteiger partial charge in [-0.05, 0) is 53.9 Å². The number of nitrogens with zero attached hydrogens (tertiary/aromatic N) is 1. The normalized spacial score (nSPS) is 11.1. The Labute approximate surface area is 171 Å². The van der Waals surface area contributed by atoms with Gasteiger partial charge in [0, 0.05) is 22.0 Å². The lowest BCUT2D eigenvalue weighted by Gasteiger charge is -2.04. The molecule has 0 spiro atoms. The Morgan fingerprint density at radius 1 is 1.03 bits per heavy atom. The molecule has 0 radical (unpaired) electrons. The molecule has 142 valence electrons. The number of anilines is 1. The third-order valence-corrected chi connectivity index (χ3v) is 5.87. The fraction of sp³-hybridized carbons (Fsp3) is 0.0435. The molecule has 0 bridgehead atoms. The van der Waals surface area contributed by atoms with Crippen molar-refractivity contribution in [2.24, 2.45) is 0 Å². The maximum atomic E-state index is 12.6. The zero-order chi connectivity index (χ0) is 19.8. The number of benzene rings is 3. The molecule has 2 heterocycles. The van der Waals surface area contributed by atoms with Crippen LogP contribution in [0.15, 0.2) is 72.8 Å². The Hall–Kier alpha value is -3.64. The highest BCUT2D eigenvalue weighted by Crippen LogP contribution is 2.27. The second kappa shape index (κ2) is 7.07. The second-order valence-corrected chi connectivity index (χ2v) is 7.73. The Balaban J connectivity index is 1.36. The van der Waals surface area contributed by atoms with Crippen molar-refractivity contribution in [2.75, 3.05) is 12.4 Å². The summed E-state index contributed by atoms with van der Waals surface area (Å²) in [5.41, 5.74) is 3.48. The van der Waals surface area contributed by atoms with Crippen LogP contribution in [0.25, 0.3) is 32.5 Å². The summed E-state index contributed by atoms with van der Waals surface area (Å²) < 4.78 is 6.36. The van der Waals surface area contributed by atoms with Crippen LogP contribution >= 0.6 is 11.3 Å². The van der Waals surface area contributed by atoms with Crippen molar-refractivity contribution >= 4 is 44.1 Å². The summed E-state index contributed by atoms with van der Waals surface area (Å²) in [6.07, 6.45) is 0. The molecule has 0 saturated carbocycles. The van der Waals surface area contributed by atoms with Crippen LogP contribution in [0.2, 0.25) is 0 Å². The number of fused-ring (bicyclic) bond motifs is 2. The molecular formula is C23H17N3O2S. The number of H-pyrrole nitrogens is 1. The van der Waals surface area contributed by atoms with Crippen LogP contribution in [-0.2, 0) is 0 Å². The van der Waals surface area contributed by atoms with E-state index in [4.69, 9.17) is 4.74 Å². The molecule has 1 amide bonds. The number of aromatic amines is 1. The number of nitrogens with one attached hydrogen (secondary N) is 2. The molecule has 2 N–H and O–H groups in total. The van der Waals surface area contributed by atoms with E-state index in [1.807, 2.05) is 72.8 Å². The molecule has 2 aromatic heterocycles. The van der Waals surface area contributed by atoms with E-state index in [1.165, 1.54) is 11.3 Å². The Morgan fingerprint density at radius 2 is 1.86 bits per heavy atom. The molecule has 5 rings (SSSR count). The zero-order valence-corrected chi connectivity index (χ0v) is 16.4. The van der Waals surface area contributed by atoms with Crippen LogP contribution in [0.3, 0.4) is 0 Å². The maximum absolute atomic E-state index is 12.6. The van der Waals surface area contributed by atoms with Gasteiger partial charge in [-0.1, -0.05) is 18.2 Å². The van der Waals surface area contributed by atoms with Gasteiger partial charge in [0.2, 0.25) is 0 Å². The highest BCUT2D eigenvalue weighted by molar-refractivity contribution is 7.20. The van der Waals surface area contributed by atoms with E-state index in [1.54, 1.807) is 7.11 Å². The molecule has 5 nitrogen and oxygen atoms in total. The minimum absolute atomic E-state index is 0.102. The van der Waals surface area contributed by atoms with Crippen molar-refractivity contribution in [3.8, 4) is 17.1 Å². The molecule has 5 aromatic rings. The average Bonchev–Trinajstić information content (AvgIpc) is 3.38. The Bertz CT molecular complexity index is 1300. The van der Waals surface area contributed by atoms with E-state index in [9.17, 15) is 4.79 Å². The van der Waals surface area contributed by atoms with Gasteiger partial charge in [-0.15, -0.1) is 11.3 Å². The van der Waals surface area contributed by atoms with Crippen molar-refractivity contribution in [3.05, 3.63) is 77.7 Å². The Morgan fingerprint density at radius 3 is 2.66 bits per heavy atom. The quantitative estimate of drug-likeness (QED) is 0.407. The standard InChI is InChI=1S/C23H17N3O2S/c1-28-17-10-11-18-19(13-17)26-22(25-18)14-6-8-16(9-7-14)24-23(27)21-12-15-4-2-3-5-20(15)29-21/h2-13H,1H3,(H,24,27)(H,25,26). The molecule has 0 saturated heterocycles. The zero-order valence-electron chi connectivity index (χ0n) is 15.6. The van der Waals surface area contributed by atoms with Gasteiger partial charge < -0.3 is 15.0 Å². The first-order valence-corrected chi connectivity index (χ1v) is 9.95. The first-order valence-electron chi connectivity index (χ1n) is 9.14. The van der Waals surface area contributed by atoms with Gasteiger partial charge in [-0.3, -0.25) is 4.79 Å². The van der Waals surface area contributed by atoms with Gasteiger partial charge >= 0.3 is 0 Å². The number of thiophene rings is 1. The van der Waals surface area contributed by atoms with Gasteiger partial charge in [0.1, 0.15) is 11.6 Å². The minimum atomic E-state index is -0.102. The molecule has 3 aromatic carbocycles. The van der Waals surface area contributed by atoms with Gasteiger partial charge in [-0.2, -0.15) is 0 Å². The summed E-state index contributed by atoms with van der Waals surface area (Å²) in [6, 6.07) is 23.3. The number of ether oxygens (including phenoxy) is 1.